The number of nitrogens with zero attached hydrogens (tertiary/aromatic N) is 3. The lowest BCUT2D eigenvalue weighted by Crippen LogP contribution is -2.40. The summed E-state index contributed by atoms with van der Waals surface area (Å²) in [6, 6.07) is 9.99. The van der Waals surface area contributed by atoms with Gasteiger partial charge in [0, 0.05) is 43.5 Å². The van der Waals surface area contributed by atoms with E-state index in [0.717, 1.165) is 35.2 Å². The van der Waals surface area contributed by atoms with Crippen molar-refractivity contribution in [2.75, 3.05) is 18.0 Å². The van der Waals surface area contributed by atoms with E-state index in [1.807, 2.05) is 23.1 Å². The van der Waals surface area contributed by atoms with Gasteiger partial charge in [-0.15, -0.1) is 0 Å². The van der Waals surface area contributed by atoms with Gasteiger partial charge in [-0.3, -0.25) is 14.6 Å². The largest absolute Gasteiger partial charge is 0.391 e. The summed E-state index contributed by atoms with van der Waals surface area (Å²) in [4.78, 5) is 32.4. The van der Waals surface area contributed by atoms with Gasteiger partial charge < -0.3 is 14.9 Å². The molecule has 2 amide bonds. The van der Waals surface area contributed by atoms with Crippen molar-refractivity contribution in [1.82, 2.24) is 9.88 Å². The summed E-state index contributed by atoms with van der Waals surface area (Å²) in [7, 11) is 0. The number of amides is 2. The van der Waals surface area contributed by atoms with Crippen LogP contribution in [0.25, 0.3) is 11.1 Å². The lowest BCUT2D eigenvalue weighted by molar-refractivity contribution is -0.117. The number of aromatic nitrogens is 1. The van der Waals surface area contributed by atoms with Crippen LogP contribution in [-0.2, 0) is 11.2 Å². The fraction of sp³-hybridized carbons (Fsp3) is 0.409. The number of aliphatic hydroxyl groups is 1. The Kier molecular flexibility index (Phi) is 4.89. The van der Waals surface area contributed by atoms with Gasteiger partial charge in [-0.05, 0) is 55.5 Å². The highest BCUT2D eigenvalue weighted by molar-refractivity contribution is 5.94. The Bertz CT molecular complexity index is 910. The lowest BCUT2D eigenvalue weighted by Gasteiger charge is -2.34. The second kappa shape index (κ2) is 7.36. The Hall–Kier alpha value is -2.73. The number of benzene rings is 1. The minimum atomic E-state index is -0.434. The van der Waals surface area contributed by atoms with Crippen LogP contribution in [0.3, 0.4) is 0 Å². The number of rotatable bonds is 2. The first kappa shape index (κ1) is 18.6. The molecular formula is C22H25N3O3. The third-order valence-corrected chi connectivity index (χ3v) is 5.72. The molecule has 6 nitrogen and oxygen atoms in total. The van der Waals surface area contributed by atoms with E-state index in [1.165, 1.54) is 0 Å². The van der Waals surface area contributed by atoms with Gasteiger partial charge in [0.2, 0.25) is 5.91 Å². The first-order valence-corrected chi connectivity index (χ1v) is 9.80. The van der Waals surface area contributed by atoms with Crippen molar-refractivity contribution in [3.63, 3.8) is 0 Å². The molecule has 1 N–H and O–H groups in total. The molecule has 0 radical (unpaired) electrons. The molecule has 1 fully saturated rings. The maximum absolute atomic E-state index is 12.5. The molecule has 2 aliphatic rings. The number of pyridine rings is 1. The number of β-amino-alcohol motifs (C(OH)–C–C–N with tert-alkyl or cyclic N) is 1. The van der Waals surface area contributed by atoms with E-state index in [2.05, 4.69) is 18.0 Å². The number of anilines is 1. The van der Waals surface area contributed by atoms with Crippen molar-refractivity contribution in [2.45, 2.75) is 45.3 Å². The zero-order chi connectivity index (χ0) is 19.8. The van der Waals surface area contributed by atoms with Crippen LogP contribution in [0.2, 0.25) is 0 Å². The summed E-state index contributed by atoms with van der Waals surface area (Å²) in [6.07, 6.45) is 3.79. The minimum Gasteiger partial charge on any atom is -0.391 e. The number of likely N-dealkylation sites (tertiary alicyclic amines) is 1. The normalized spacial score (nSPS) is 21.5. The van der Waals surface area contributed by atoms with E-state index in [1.54, 1.807) is 24.1 Å². The molecule has 1 unspecified atom stereocenters. The molecule has 4 rings (SSSR count). The van der Waals surface area contributed by atoms with Gasteiger partial charge in [-0.2, -0.15) is 0 Å². The molecule has 0 bridgehead atoms. The van der Waals surface area contributed by atoms with E-state index in [9.17, 15) is 14.7 Å². The highest BCUT2D eigenvalue weighted by Crippen LogP contribution is 2.34. The van der Waals surface area contributed by atoms with E-state index in [-0.39, 0.29) is 17.9 Å². The van der Waals surface area contributed by atoms with Gasteiger partial charge in [0.1, 0.15) is 5.69 Å². The predicted octanol–water partition coefficient (Wildman–Crippen LogP) is 2.64. The summed E-state index contributed by atoms with van der Waals surface area (Å²) in [6.45, 7) is 4.63. The first-order chi connectivity index (χ1) is 13.4. The molecular weight excluding hydrogens is 354 g/mol. The van der Waals surface area contributed by atoms with Crippen LogP contribution in [0.4, 0.5) is 5.69 Å². The van der Waals surface area contributed by atoms with Gasteiger partial charge in [0.15, 0.2) is 0 Å². The predicted molar refractivity (Wildman–Crippen MR) is 107 cm³/mol. The Morgan fingerprint density at radius 2 is 1.93 bits per heavy atom. The summed E-state index contributed by atoms with van der Waals surface area (Å²) in [5.41, 5.74) is 4.51. The number of aliphatic hydroxyl groups excluding tert-OH is 1. The zero-order valence-corrected chi connectivity index (χ0v) is 16.3. The van der Waals surface area contributed by atoms with Crippen LogP contribution in [-0.4, -0.2) is 52.0 Å². The number of hydrogen-bond donors (Lipinski definition) is 1. The molecule has 146 valence electrons. The van der Waals surface area contributed by atoms with Crippen LogP contribution in [0, 0.1) is 0 Å². The number of carbonyl (C=O) groups excluding carboxylic acids is 2. The Morgan fingerprint density at radius 1 is 1.14 bits per heavy atom. The molecule has 1 aromatic carbocycles. The molecule has 1 saturated heterocycles. The topological polar surface area (TPSA) is 73.7 Å². The lowest BCUT2D eigenvalue weighted by atomic mass is 9.93. The summed E-state index contributed by atoms with van der Waals surface area (Å²) >= 11 is 0. The molecule has 0 saturated carbocycles. The fourth-order valence-corrected chi connectivity index (χ4v) is 4.19. The van der Waals surface area contributed by atoms with E-state index < -0.39 is 6.10 Å². The molecule has 3 heterocycles. The maximum Gasteiger partial charge on any atom is 0.272 e. The number of fused-ring (bicyclic) bond motifs is 1. The average Bonchev–Trinajstić information content (AvgIpc) is 3.13. The molecule has 1 aromatic heterocycles. The molecule has 2 aromatic rings. The second-order valence-electron chi connectivity index (χ2n) is 7.75. The van der Waals surface area contributed by atoms with Crippen LogP contribution in [0.1, 0.15) is 42.7 Å². The van der Waals surface area contributed by atoms with Gasteiger partial charge in [-0.25, -0.2) is 0 Å². The van der Waals surface area contributed by atoms with E-state index in [0.29, 0.717) is 25.2 Å². The number of aryl methyl sites for hydroxylation is 1. The second-order valence-corrected chi connectivity index (χ2v) is 7.75. The molecule has 0 aliphatic carbocycles. The molecule has 6 heteroatoms. The SMILES string of the molecule is CC(=O)N1c2ccc(-c3ccc(C(=O)N4CCC(O)C4)nc3)cc2CC[C@@H]1C. The Labute approximate surface area is 164 Å². The molecule has 2 aliphatic heterocycles. The molecule has 2 atom stereocenters. The third-order valence-electron chi connectivity index (χ3n) is 5.72. The first-order valence-electron chi connectivity index (χ1n) is 9.80. The van der Waals surface area contributed by atoms with E-state index in [4.69, 9.17) is 0 Å². The van der Waals surface area contributed by atoms with Crippen molar-refractivity contribution < 1.29 is 14.7 Å². The fourth-order valence-electron chi connectivity index (χ4n) is 4.19. The average molecular weight is 379 g/mol. The van der Waals surface area contributed by atoms with Crippen LogP contribution >= 0.6 is 0 Å². The van der Waals surface area contributed by atoms with Crippen molar-refractivity contribution >= 4 is 17.5 Å². The smallest absolute Gasteiger partial charge is 0.272 e. The molecule has 0 spiro atoms. The summed E-state index contributed by atoms with van der Waals surface area (Å²) < 4.78 is 0. The number of carbonyl (C=O) groups is 2. The quantitative estimate of drug-likeness (QED) is 0.871. The number of hydrogen-bond acceptors (Lipinski definition) is 4. The monoisotopic (exact) mass is 379 g/mol. The van der Waals surface area contributed by atoms with Crippen LogP contribution < -0.4 is 4.90 Å². The highest BCUT2D eigenvalue weighted by Gasteiger charge is 2.27. The Morgan fingerprint density at radius 3 is 2.57 bits per heavy atom. The summed E-state index contributed by atoms with van der Waals surface area (Å²) in [5.74, 6) is -0.0719. The van der Waals surface area contributed by atoms with Gasteiger partial charge in [-0.1, -0.05) is 12.1 Å². The standard InChI is InChI=1S/C22H25N3O3/c1-14-3-4-17-11-16(6-8-21(17)25(14)15(2)26)18-5-7-20(23-12-18)22(28)24-10-9-19(27)13-24/h5-8,11-12,14,19,27H,3-4,9-10,13H2,1-2H3/t14-,19?/m0/s1. The van der Waals surface area contributed by atoms with Crippen molar-refractivity contribution in [1.29, 1.82) is 0 Å². The Balaban J connectivity index is 1.57. The summed E-state index contributed by atoms with van der Waals surface area (Å²) in [5, 5.41) is 9.62. The van der Waals surface area contributed by atoms with E-state index >= 15 is 0 Å². The van der Waals surface area contributed by atoms with Gasteiger partial charge in [0.05, 0.1) is 6.10 Å². The maximum atomic E-state index is 12.5. The third kappa shape index (κ3) is 3.40. The van der Waals surface area contributed by atoms with Gasteiger partial charge >= 0.3 is 0 Å². The minimum absolute atomic E-state index is 0.0674. The van der Waals surface area contributed by atoms with Crippen molar-refractivity contribution in [2.24, 2.45) is 0 Å². The molecule has 28 heavy (non-hydrogen) atoms. The van der Waals surface area contributed by atoms with Crippen molar-refractivity contribution in [3.05, 3.63) is 47.8 Å². The highest BCUT2D eigenvalue weighted by atomic mass is 16.3. The van der Waals surface area contributed by atoms with Gasteiger partial charge in [0.25, 0.3) is 5.91 Å². The zero-order valence-electron chi connectivity index (χ0n) is 16.3. The van der Waals surface area contributed by atoms with Crippen molar-refractivity contribution in [3.8, 4) is 11.1 Å². The van der Waals surface area contributed by atoms with Crippen LogP contribution in [0.15, 0.2) is 36.5 Å². The van der Waals surface area contributed by atoms with Crippen LogP contribution in [0.5, 0.6) is 0 Å².